The molecule has 1 saturated heterocycles. The van der Waals surface area contributed by atoms with Gasteiger partial charge in [0.05, 0.1) is 17.7 Å². The number of aryl methyl sites for hydroxylation is 2. The van der Waals surface area contributed by atoms with Crippen molar-refractivity contribution in [1.29, 1.82) is 0 Å². The van der Waals surface area contributed by atoms with E-state index in [1.165, 1.54) is 11.1 Å². The van der Waals surface area contributed by atoms with Gasteiger partial charge in [-0.2, -0.15) is 0 Å². The van der Waals surface area contributed by atoms with Crippen molar-refractivity contribution in [2.75, 3.05) is 13.2 Å². The number of H-pyrrole nitrogens is 1. The minimum absolute atomic E-state index is 0.0471. The first kappa shape index (κ1) is 25.5. The summed E-state index contributed by atoms with van der Waals surface area (Å²) in [5.41, 5.74) is 3.75. The molecule has 8 nitrogen and oxygen atoms in total. The van der Waals surface area contributed by atoms with E-state index in [9.17, 15) is 4.79 Å². The second kappa shape index (κ2) is 10.2. The average Bonchev–Trinajstić information content (AvgIpc) is 3.48. The summed E-state index contributed by atoms with van der Waals surface area (Å²) in [5.74, 6) is 1.08. The lowest BCUT2D eigenvalue weighted by Crippen LogP contribution is -2.41. The fraction of sp³-hybridized carbons (Fsp3) is 0.630. The van der Waals surface area contributed by atoms with E-state index >= 15 is 0 Å². The number of aromatic amines is 1. The molecule has 1 fully saturated rings. The molecule has 0 amide bonds. The Balaban J connectivity index is 1.77. The van der Waals surface area contributed by atoms with Crippen LogP contribution < -0.4 is 5.56 Å². The van der Waals surface area contributed by atoms with Crippen LogP contribution in [0.4, 0.5) is 0 Å². The Morgan fingerprint density at radius 1 is 1.23 bits per heavy atom. The van der Waals surface area contributed by atoms with Crippen LogP contribution in [0.25, 0.3) is 10.9 Å². The Labute approximate surface area is 208 Å². The molecule has 3 aromatic rings. The van der Waals surface area contributed by atoms with E-state index in [-0.39, 0.29) is 29.2 Å². The van der Waals surface area contributed by atoms with Crippen LogP contribution in [0.3, 0.4) is 0 Å². The van der Waals surface area contributed by atoms with Gasteiger partial charge in [0.1, 0.15) is 0 Å². The van der Waals surface area contributed by atoms with E-state index in [2.05, 4.69) is 86.0 Å². The van der Waals surface area contributed by atoms with Crippen molar-refractivity contribution in [3.8, 4) is 0 Å². The van der Waals surface area contributed by atoms with E-state index in [1.54, 1.807) is 0 Å². The van der Waals surface area contributed by atoms with Gasteiger partial charge in [0.15, 0.2) is 5.82 Å². The Morgan fingerprint density at radius 2 is 1.97 bits per heavy atom. The fourth-order valence-corrected chi connectivity index (χ4v) is 5.03. The van der Waals surface area contributed by atoms with Gasteiger partial charge in [0.25, 0.3) is 5.56 Å². The van der Waals surface area contributed by atoms with Crippen LogP contribution in [0.15, 0.2) is 23.0 Å². The number of nitrogens with zero attached hydrogens (tertiary/aromatic N) is 5. The Kier molecular flexibility index (Phi) is 7.43. The number of benzene rings is 1. The summed E-state index contributed by atoms with van der Waals surface area (Å²) in [6.45, 7) is 17.1. The summed E-state index contributed by atoms with van der Waals surface area (Å²) in [6, 6.07) is 6.19. The first-order chi connectivity index (χ1) is 16.6. The molecular formula is C27H40N6O2. The number of aromatic nitrogens is 5. The van der Waals surface area contributed by atoms with Crippen molar-refractivity contribution in [2.45, 2.75) is 92.0 Å². The van der Waals surface area contributed by atoms with Gasteiger partial charge < -0.3 is 9.72 Å². The molecule has 0 radical (unpaired) electrons. The molecule has 1 aliphatic rings. The number of pyridine rings is 1. The molecule has 1 N–H and O–H groups in total. The number of nitrogens with one attached hydrogen (secondary N) is 1. The van der Waals surface area contributed by atoms with Crippen molar-refractivity contribution in [1.82, 2.24) is 30.1 Å². The summed E-state index contributed by atoms with van der Waals surface area (Å²) in [5, 5.41) is 14.0. The monoisotopic (exact) mass is 480 g/mol. The van der Waals surface area contributed by atoms with E-state index in [4.69, 9.17) is 4.74 Å². The number of hydrogen-bond donors (Lipinski definition) is 1. The maximum atomic E-state index is 13.2. The minimum Gasteiger partial charge on any atom is -0.377 e. The van der Waals surface area contributed by atoms with Crippen LogP contribution in [0.2, 0.25) is 0 Å². The van der Waals surface area contributed by atoms with Crippen LogP contribution in [-0.2, 0) is 16.8 Å². The summed E-state index contributed by atoms with van der Waals surface area (Å²) >= 11 is 0. The number of hydrogen-bond acceptors (Lipinski definition) is 6. The summed E-state index contributed by atoms with van der Waals surface area (Å²) in [6.07, 6.45) is 3.15. The van der Waals surface area contributed by atoms with Crippen molar-refractivity contribution in [3.63, 3.8) is 0 Å². The largest absolute Gasteiger partial charge is 0.377 e. The number of fused-ring (bicyclic) bond motifs is 1. The van der Waals surface area contributed by atoms with Crippen LogP contribution in [0.5, 0.6) is 0 Å². The van der Waals surface area contributed by atoms with Crippen LogP contribution in [0.1, 0.15) is 82.4 Å². The highest BCUT2D eigenvalue weighted by molar-refractivity contribution is 5.80. The highest BCUT2D eigenvalue weighted by Crippen LogP contribution is 2.33. The Morgan fingerprint density at radius 3 is 2.63 bits per heavy atom. The van der Waals surface area contributed by atoms with Gasteiger partial charge in [-0.25, -0.2) is 4.68 Å². The van der Waals surface area contributed by atoms with E-state index in [1.807, 2.05) is 10.7 Å². The molecule has 1 aromatic carbocycles. The first-order valence-corrected chi connectivity index (χ1v) is 12.9. The van der Waals surface area contributed by atoms with Crippen molar-refractivity contribution >= 4 is 10.9 Å². The molecule has 4 rings (SSSR count). The summed E-state index contributed by atoms with van der Waals surface area (Å²) in [7, 11) is 0. The zero-order chi connectivity index (χ0) is 25.3. The second-order valence-electron chi connectivity index (χ2n) is 11.0. The maximum absolute atomic E-state index is 13.2. The Hall–Kier alpha value is -2.58. The molecule has 0 unspecified atom stereocenters. The molecule has 0 aliphatic carbocycles. The van der Waals surface area contributed by atoms with E-state index in [0.717, 1.165) is 54.7 Å². The van der Waals surface area contributed by atoms with Gasteiger partial charge >= 0.3 is 0 Å². The predicted molar refractivity (Wildman–Crippen MR) is 138 cm³/mol. The normalized spacial score (nSPS) is 17.7. The van der Waals surface area contributed by atoms with Gasteiger partial charge in [-0.3, -0.25) is 9.69 Å². The molecule has 0 spiro atoms. The second-order valence-corrected chi connectivity index (χ2v) is 11.0. The van der Waals surface area contributed by atoms with E-state index in [0.29, 0.717) is 6.54 Å². The highest BCUT2D eigenvalue weighted by Gasteiger charge is 2.35. The molecule has 3 heterocycles. The fourth-order valence-electron chi connectivity index (χ4n) is 5.03. The van der Waals surface area contributed by atoms with Crippen molar-refractivity contribution in [3.05, 3.63) is 51.1 Å². The quantitative estimate of drug-likeness (QED) is 0.479. The number of ether oxygens (including phenoxy) is 1. The van der Waals surface area contributed by atoms with Crippen molar-refractivity contribution < 1.29 is 4.74 Å². The smallest absolute Gasteiger partial charge is 0.252 e. The molecule has 8 heteroatoms. The molecule has 35 heavy (non-hydrogen) atoms. The third-order valence-electron chi connectivity index (χ3n) is 7.59. The molecule has 2 aromatic heterocycles. The van der Waals surface area contributed by atoms with Crippen LogP contribution in [0, 0.1) is 19.8 Å². The lowest BCUT2D eigenvalue weighted by molar-refractivity contribution is 0.0368. The standard InChI is InChI=1S/C27H40N6O2/c1-8-27(6,7)33-25(29-30-31-33)24(17(2)3)32(16-22-10-9-11-35-22)15-21-14-20-12-18(4)19(5)13-23(20)28-26(21)34/h12-14,17,22,24H,8-11,15-16H2,1-7H3,(H,28,34)/t22-,24-/m0/s1. The molecule has 190 valence electrons. The molecule has 1 aliphatic heterocycles. The van der Waals surface area contributed by atoms with E-state index < -0.39 is 0 Å². The van der Waals surface area contributed by atoms with Crippen LogP contribution in [-0.4, -0.2) is 49.3 Å². The number of rotatable bonds is 9. The summed E-state index contributed by atoms with van der Waals surface area (Å²) in [4.78, 5) is 18.7. The summed E-state index contributed by atoms with van der Waals surface area (Å²) < 4.78 is 8.00. The molecule has 0 saturated carbocycles. The zero-order valence-corrected chi connectivity index (χ0v) is 22.3. The predicted octanol–water partition coefficient (Wildman–Crippen LogP) is 4.65. The lowest BCUT2D eigenvalue weighted by atomic mass is 9.97. The van der Waals surface area contributed by atoms with Crippen LogP contribution >= 0.6 is 0 Å². The van der Waals surface area contributed by atoms with Gasteiger partial charge in [0.2, 0.25) is 0 Å². The number of tetrazole rings is 1. The van der Waals surface area contributed by atoms with Gasteiger partial charge in [0, 0.05) is 30.8 Å². The van der Waals surface area contributed by atoms with Gasteiger partial charge in [-0.1, -0.05) is 20.8 Å². The third-order valence-corrected chi connectivity index (χ3v) is 7.59. The molecule has 0 bridgehead atoms. The lowest BCUT2D eigenvalue weighted by Gasteiger charge is -2.36. The molecular weight excluding hydrogens is 440 g/mol. The molecule has 2 atom stereocenters. The minimum atomic E-state index is -0.211. The van der Waals surface area contributed by atoms with Crippen molar-refractivity contribution in [2.24, 2.45) is 5.92 Å². The Bertz CT molecular complexity index is 1220. The van der Waals surface area contributed by atoms with Gasteiger partial charge in [-0.15, -0.1) is 5.10 Å². The van der Waals surface area contributed by atoms with Gasteiger partial charge in [-0.05, 0) is 98.0 Å². The SMILES string of the molecule is CCC(C)(C)n1nnnc1[C@H](C(C)C)N(Cc1cc2cc(C)c(C)cc2[nH]c1=O)C[C@@H]1CCCO1. The highest BCUT2D eigenvalue weighted by atomic mass is 16.5. The maximum Gasteiger partial charge on any atom is 0.252 e. The first-order valence-electron chi connectivity index (χ1n) is 12.9. The zero-order valence-electron chi connectivity index (χ0n) is 22.3. The average molecular weight is 481 g/mol. The third kappa shape index (κ3) is 5.33. The topological polar surface area (TPSA) is 88.9 Å².